The van der Waals surface area contributed by atoms with Crippen LogP contribution < -0.4 is 0 Å². The highest BCUT2D eigenvalue weighted by molar-refractivity contribution is 6.34. The van der Waals surface area contributed by atoms with E-state index in [-0.39, 0.29) is 18.3 Å². The highest BCUT2D eigenvalue weighted by atomic mass is 16.5. The zero-order valence-electron chi connectivity index (χ0n) is 9.27. The molecule has 0 aliphatic heterocycles. The van der Waals surface area contributed by atoms with Gasteiger partial charge in [0.05, 0.1) is 6.10 Å². The van der Waals surface area contributed by atoms with Gasteiger partial charge in [0.25, 0.3) is 0 Å². The summed E-state index contributed by atoms with van der Waals surface area (Å²) in [4.78, 5) is 22.6. The number of ketones is 1. The van der Waals surface area contributed by atoms with Gasteiger partial charge in [0.1, 0.15) is 5.75 Å². The molecule has 0 saturated heterocycles. The average Bonchev–Trinajstić information content (AvgIpc) is 2.20. The third kappa shape index (κ3) is 3.73. The molecule has 1 aromatic carbocycles. The van der Waals surface area contributed by atoms with E-state index in [1.807, 2.05) is 0 Å². The van der Waals surface area contributed by atoms with E-state index in [2.05, 4.69) is 0 Å². The van der Waals surface area contributed by atoms with Crippen molar-refractivity contribution in [3.8, 4) is 5.75 Å². The van der Waals surface area contributed by atoms with Gasteiger partial charge in [-0.05, 0) is 31.5 Å². The van der Waals surface area contributed by atoms with Crippen LogP contribution in [0.2, 0.25) is 0 Å². The van der Waals surface area contributed by atoms with E-state index >= 15 is 0 Å². The van der Waals surface area contributed by atoms with Gasteiger partial charge in [0.15, 0.2) is 0 Å². The molecule has 0 heterocycles. The first-order chi connectivity index (χ1) is 7.49. The second-order valence-corrected chi connectivity index (χ2v) is 3.72. The number of hydrogen-bond acceptors (Lipinski definition) is 4. The number of carbonyl (C=O) groups excluding carboxylic acids is 2. The molecule has 1 rings (SSSR count). The Hall–Kier alpha value is -1.84. The van der Waals surface area contributed by atoms with Crippen LogP contribution in [-0.4, -0.2) is 23.0 Å². The van der Waals surface area contributed by atoms with Crippen molar-refractivity contribution >= 4 is 11.8 Å². The van der Waals surface area contributed by atoms with E-state index in [9.17, 15) is 9.59 Å². The predicted molar refractivity (Wildman–Crippen MR) is 58.0 cm³/mol. The standard InChI is InChI=1S/C12H14O4/c1-8(2)16-12(15)11(14)7-9-3-5-10(13)6-4-9/h3-6,8,13H,7H2,1-2H3. The first-order valence-corrected chi connectivity index (χ1v) is 5.00. The number of phenols is 1. The van der Waals surface area contributed by atoms with Crippen molar-refractivity contribution in [3.63, 3.8) is 0 Å². The van der Waals surface area contributed by atoms with Gasteiger partial charge in [0, 0.05) is 6.42 Å². The molecule has 0 radical (unpaired) electrons. The molecular formula is C12H14O4. The molecule has 0 atom stereocenters. The van der Waals surface area contributed by atoms with Gasteiger partial charge in [-0.25, -0.2) is 4.79 Å². The predicted octanol–water partition coefficient (Wildman–Crippen LogP) is 1.46. The second-order valence-electron chi connectivity index (χ2n) is 3.72. The summed E-state index contributed by atoms with van der Waals surface area (Å²) in [5.74, 6) is -1.27. The molecule has 0 aromatic heterocycles. The maximum Gasteiger partial charge on any atom is 0.375 e. The van der Waals surface area contributed by atoms with E-state index < -0.39 is 11.8 Å². The number of carbonyl (C=O) groups is 2. The number of Topliss-reactive ketones (excluding diaryl/α,β-unsaturated/α-hetero) is 1. The molecule has 4 nitrogen and oxygen atoms in total. The van der Waals surface area contributed by atoms with E-state index in [0.29, 0.717) is 5.56 Å². The van der Waals surface area contributed by atoms with Crippen molar-refractivity contribution in [3.05, 3.63) is 29.8 Å². The fourth-order valence-electron chi connectivity index (χ4n) is 1.15. The number of phenolic OH excluding ortho intramolecular Hbond substituents is 1. The molecule has 0 aliphatic rings. The Morgan fingerprint density at radius 1 is 1.25 bits per heavy atom. The van der Waals surface area contributed by atoms with Gasteiger partial charge < -0.3 is 9.84 Å². The Balaban J connectivity index is 2.57. The monoisotopic (exact) mass is 222 g/mol. The smallest absolute Gasteiger partial charge is 0.375 e. The topological polar surface area (TPSA) is 63.6 Å². The average molecular weight is 222 g/mol. The quantitative estimate of drug-likeness (QED) is 0.618. The summed E-state index contributed by atoms with van der Waals surface area (Å²) in [7, 11) is 0. The molecule has 0 bridgehead atoms. The van der Waals surface area contributed by atoms with Crippen LogP contribution in [0.4, 0.5) is 0 Å². The van der Waals surface area contributed by atoms with Crippen molar-refractivity contribution in [2.24, 2.45) is 0 Å². The maximum atomic E-state index is 11.4. The molecular weight excluding hydrogens is 208 g/mol. The van der Waals surface area contributed by atoms with Crippen molar-refractivity contribution in [1.82, 2.24) is 0 Å². The van der Waals surface area contributed by atoms with Crippen LogP contribution in [0.5, 0.6) is 5.75 Å². The maximum absolute atomic E-state index is 11.4. The van der Waals surface area contributed by atoms with Gasteiger partial charge in [-0.1, -0.05) is 12.1 Å². The van der Waals surface area contributed by atoms with Crippen molar-refractivity contribution in [2.45, 2.75) is 26.4 Å². The van der Waals surface area contributed by atoms with Gasteiger partial charge >= 0.3 is 5.97 Å². The SMILES string of the molecule is CC(C)OC(=O)C(=O)Cc1ccc(O)cc1. The minimum absolute atomic E-state index is 0.00810. The summed E-state index contributed by atoms with van der Waals surface area (Å²) in [5, 5.41) is 9.04. The Labute approximate surface area is 93.9 Å². The summed E-state index contributed by atoms with van der Waals surface area (Å²) in [6, 6.07) is 6.12. The van der Waals surface area contributed by atoms with E-state index in [4.69, 9.17) is 9.84 Å². The van der Waals surface area contributed by atoms with Gasteiger partial charge in [-0.2, -0.15) is 0 Å². The molecule has 0 amide bonds. The van der Waals surface area contributed by atoms with Crippen LogP contribution in [-0.2, 0) is 20.7 Å². The number of rotatable bonds is 4. The molecule has 1 N–H and O–H groups in total. The Morgan fingerprint density at radius 3 is 2.31 bits per heavy atom. The lowest BCUT2D eigenvalue weighted by molar-refractivity contribution is -0.156. The van der Waals surface area contributed by atoms with Crippen molar-refractivity contribution in [1.29, 1.82) is 0 Å². The van der Waals surface area contributed by atoms with Crippen molar-refractivity contribution in [2.75, 3.05) is 0 Å². The molecule has 0 aliphatic carbocycles. The Bertz CT molecular complexity index is 379. The summed E-state index contributed by atoms with van der Waals surface area (Å²) >= 11 is 0. The van der Waals surface area contributed by atoms with E-state index in [1.54, 1.807) is 26.0 Å². The minimum atomic E-state index is -0.817. The van der Waals surface area contributed by atoms with Crippen LogP contribution in [0, 0.1) is 0 Å². The first kappa shape index (κ1) is 12.2. The van der Waals surface area contributed by atoms with Crippen LogP contribution in [0.25, 0.3) is 0 Å². The normalized spacial score (nSPS) is 10.2. The lowest BCUT2D eigenvalue weighted by Crippen LogP contribution is -2.22. The third-order valence-electron chi connectivity index (χ3n) is 1.87. The minimum Gasteiger partial charge on any atom is -0.508 e. The molecule has 16 heavy (non-hydrogen) atoms. The Morgan fingerprint density at radius 2 is 1.81 bits per heavy atom. The highest BCUT2D eigenvalue weighted by Gasteiger charge is 2.16. The molecule has 0 fully saturated rings. The fourth-order valence-corrected chi connectivity index (χ4v) is 1.15. The van der Waals surface area contributed by atoms with Gasteiger partial charge in [-0.3, -0.25) is 4.79 Å². The largest absolute Gasteiger partial charge is 0.508 e. The van der Waals surface area contributed by atoms with Gasteiger partial charge in [0.2, 0.25) is 5.78 Å². The zero-order chi connectivity index (χ0) is 12.1. The number of ether oxygens (including phenoxy) is 1. The van der Waals surface area contributed by atoms with Crippen LogP contribution in [0.1, 0.15) is 19.4 Å². The first-order valence-electron chi connectivity index (χ1n) is 5.00. The molecule has 1 aromatic rings. The van der Waals surface area contributed by atoms with Crippen LogP contribution in [0.3, 0.4) is 0 Å². The second kappa shape index (κ2) is 5.30. The summed E-state index contributed by atoms with van der Waals surface area (Å²) in [5.41, 5.74) is 0.670. The Kier molecular flexibility index (Phi) is 4.05. The van der Waals surface area contributed by atoms with E-state index in [0.717, 1.165) is 0 Å². The highest BCUT2D eigenvalue weighted by Crippen LogP contribution is 2.10. The van der Waals surface area contributed by atoms with Crippen LogP contribution in [0.15, 0.2) is 24.3 Å². The lowest BCUT2D eigenvalue weighted by atomic mass is 10.1. The fraction of sp³-hybridized carbons (Fsp3) is 0.333. The number of hydrogen-bond donors (Lipinski definition) is 1. The van der Waals surface area contributed by atoms with E-state index in [1.165, 1.54) is 12.1 Å². The summed E-state index contributed by atoms with van der Waals surface area (Å²) in [6.45, 7) is 3.37. The molecule has 4 heteroatoms. The lowest BCUT2D eigenvalue weighted by Gasteiger charge is -2.06. The molecule has 0 saturated carbocycles. The molecule has 0 spiro atoms. The van der Waals surface area contributed by atoms with Crippen LogP contribution >= 0.6 is 0 Å². The summed E-state index contributed by atoms with van der Waals surface area (Å²) in [6.07, 6.45) is -0.303. The zero-order valence-corrected chi connectivity index (χ0v) is 9.27. The number of esters is 1. The third-order valence-corrected chi connectivity index (χ3v) is 1.87. The molecule has 0 unspecified atom stereocenters. The summed E-state index contributed by atoms with van der Waals surface area (Å²) < 4.78 is 4.77. The van der Waals surface area contributed by atoms with Gasteiger partial charge in [-0.15, -0.1) is 0 Å². The number of benzene rings is 1. The number of aromatic hydroxyl groups is 1. The molecule has 86 valence electrons. The van der Waals surface area contributed by atoms with Crippen molar-refractivity contribution < 1.29 is 19.4 Å².